The average molecular weight is 647 g/mol. The maximum absolute atomic E-state index is 2.62. The summed E-state index contributed by atoms with van der Waals surface area (Å²) < 4.78 is 0. The molecule has 0 saturated carbocycles. The maximum atomic E-state index is 2.62. The Labute approximate surface area is 298 Å². The van der Waals surface area contributed by atoms with E-state index in [1.54, 1.807) is 0 Å². The van der Waals surface area contributed by atoms with E-state index in [0.29, 0.717) is 0 Å². The van der Waals surface area contributed by atoms with Gasteiger partial charge < -0.3 is 9.71 Å². The van der Waals surface area contributed by atoms with Crippen molar-refractivity contribution in [1.29, 1.82) is 0 Å². The van der Waals surface area contributed by atoms with Crippen LogP contribution in [0.15, 0.2) is 188 Å². The van der Waals surface area contributed by atoms with Crippen LogP contribution in [0.5, 0.6) is 0 Å². The van der Waals surface area contributed by atoms with E-state index < -0.39 is 0 Å². The zero-order chi connectivity index (χ0) is 33.5. The Bertz CT molecular complexity index is 2650. The third kappa shape index (κ3) is 4.12. The van der Waals surface area contributed by atoms with Crippen molar-refractivity contribution >= 4 is 46.2 Å². The smallest absolute Gasteiger partial charge is 0.333 e. The minimum atomic E-state index is 0.0485. The quantitative estimate of drug-likeness (QED) is 0.176. The molecule has 0 atom stereocenters. The Morgan fingerprint density at radius 1 is 0.275 bits per heavy atom. The Morgan fingerprint density at radius 2 is 0.725 bits per heavy atom. The van der Waals surface area contributed by atoms with Crippen LogP contribution in [0.4, 0.5) is 28.4 Å². The first-order valence-electron chi connectivity index (χ1n) is 17.7. The highest BCUT2D eigenvalue weighted by Crippen LogP contribution is 2.53. The summed E-state index contributed by atoms with van der Waals surface area (Å²) in [6.45, 7) is 0.0485. The van der Waals surface area contributed by atoms with Crippen molar-refractivity contribution in [2.24, 2.45) is 0 Å². The number of rotatable bonds is 4. The van der Waals surface area contributed by atoms with E-state index >= 15 is 0 Å². The summed E-state index contributed by atoms with van der Waals surface area (Å²) in [5.74, 6) is 0. The lowest BCUT2D eigenvalue weighted by molar-refractivity contribution is 1.26. The number of hydrogen-bond acceptors (Lipinski definition) is 2. The Balaban J connectivity index is 1.23. The summed E-state index contributed by atoms with van der Waals surface area (Å²) in [4.78, 5) is 5.16. The third-order valence-electron chi connectivity index (χ3n) is 11.0. The molecule has 11 rings (SSSR count). The molecular weight excluding hydrogens is 615 g/mol. The fourth-order valence-electron chi connectivity index (χ4n) is 8.81. The van der Waals surface area contributed by atoms with Gasteiger partial charge in [-0.1, -0.05) is 146 Å². The van der Waals surface area contributed by atoms with Gasteiger partial charge in [0.05, 0.1) is 5.69 Å². The monoisotopic (exact) mass is 646 g/mol. The van der Waals surface area contributed by atoms with Gasteiger partial charge in [-0.05, 0) is 92.3 Å². The van der Waals surface area contributed by atoms with E-state index in [-0.39, 0.29) is 6.85 Å². The summed E-state index contributed by atoms with van der Waals surface area (Å²) in [6.07, 6.45) is 0. The second-order valence-corrected chi connectivity index (χ2v) is 13.7. The topological polar surface area (TPSA) is 6.48 Å². The maximum Gasteiger partial charge on any atom is 0.333 e. The molecule has 0 unspecified atom stereocenters. The average Bonchev–Trinajstić information content (AvgIpc) is 3.21. The molecule has 3 heterocycles. The number of benzene rings is 8. The van der Waals surface area contributed by atoms with Crippen LogP contribution >= 0.6 is 0 Å². The molecule has 0 bridgehead atoms. The Kier molecular flexibility index (Phi) is 6.08. The van der Waals surface area contributed by atoms with Gasteiger partial charge in [-0.15, -0.1) is 0 Å². The Morgan fingerprint density at radius 3 is 1.35 bits per heavy atom. The molecule has 8 aromatic rings. The molecular formula is C48H31BN2. The fraction of sp³-hybridized carbons (Fsp3) is 0. The lowest BCUT2D eigenvalue weighted by Crippen LogP contribution is -2.63. The van der Waals surface area contributed by atoms with Crippen LogP contribution in [0.3, 0.4) is 0 Å². The van der Waals surface area contributed by atoms with Crippen molar-refractivity contribution in [3.05, 3.63) is 188 Å². The van der Waals surface area contributed by atoms with Gasteiger partial charge >= 0.3 is 6.85 Å². The molecule has 0 aromatic heterocycles. The van der Waals surface area contributed by atoms with Crippen molar-refractivity contribution in [1.82, 2.24) is 0 Å². The zero-order valence-electron chi connectivity index (χ0n) is 27.9. The SMILES string of the molecule is c1ccc(-c2ccc3c(c2)-c2cccc4c2B2c5c(cccc5N4c4ccc(-c5ccccc5)cc4-c4ccccc4)-c4ccccc4N23)cc1. The van der Waals surface area contributed by atoms with Crippen molar-refractivity contribution < 1.29 is 0 Å². The molecule has 0 aliphatic carbocycles. The van der Waals surface area contributed by atoms with Crippen molar-refractivity contribution in [2.75, 3.05) is 9.71 Å². The summed E-state index contributed by atoms with van der Waals surface area (Å²) in [6, 6.07) is 69.2. The summed E-state index contributed by atoms with van der Waals surface area (Å²) in [7, 11) is 0. The van der Waals surface area contributed by atoms with Crippen LogP contribution in [0, 0.1) is 0 Å². The van der Waals surface area contributed by atoms with Gasteiger partial charge in [-0.25, -0.2) is 0 Å². The van der Waals surface area contributed by atoms with Crippen LogP contribution in [-0.2, 0) is 0 Å². The second-order valence-electron chi connectivity index (χ2n) is 13.7. The predicted molar refractivity (Wildman–Crippen MR) is 215 cm³/mol. The molecule has 3 aliphatic rings. The molecule has 0 spiro atoms. The Hall–Kier alpha value is -6.58. The summed E-state index contributed by atoms with van der Waals surface area (Å²) >= 11 is 0. The molecule has 0 fully saturated rings. The second kappa shape index (κ2) is 11.0. The van der Waals surface area contributed by atoms with Gasteiger partial charge in [0.15, 0.2) is 0 Å². The van der Waals surface area contributed by atoms with E-state index in [1.807, 2.05) is 0 Å². The first-order chi connectivity index (χ1) is 25.3. The first-order valence-corrected chi connectivity index (χ1v) is 17.7. The standard InChI is InChI=1S/C48H31BN2/c1-4-14-32(15-5-1)35-26-28-42(40(30-35)34-18-8-3-9-19-34)50-45-24-12-21-38-37-20-10-11-23-43(37)51-44-29-27-36(33-16-6-2-7-17-33)31-41(44)39-22-13-25-46(50)48(39)49(51)47(38)45/h1-31H. The van der Waals surface area contributed by atoms with Gasteiger partial charge in [0.2, 0.25) is 0 Å². The van der Waals surface area contributed by atoms with Gasteiger partial charge in [0.1, 0.15) is 0 Å². The number of nitrogens with zero attached hydrogens (tertiary/aromatic N) is 2. The molecule has 2 nitrogen and oxygen atoms in total. The number of hydrogen-bond donors (Lipinski definition) is 0. The summed E-state index contributed by atoms with van der Waals surface area (Å²) in [5, 5.41) is 0. The highest BCUT2D eigenvalue weighted by Gasteiger charge is 2.48. The minimum absolute atomic E-state index is 0.0485. The van der Waals surface area contributed by atoms with Crippen LogP contribution in [0.1, 0.15) is 0 Å². The number of para-hydroxylation sites is 1. The molecule has 0 amide bonds. The molecule has 0 saturated heterocycles. The van der Waals surface area contributed by atoms with E-state index in [9.17, 15) is 0 Å². The molecule has 0 radical (unpaired) electrons. The van der Waals surface area contributed by atoms with Crippen molar-refractivity contribution in [3.63, 3.8) is 0 Å². The van der Waals surface area contributed by atoms with E-state index in [2.05, 4.69) is 198 Å². The van der Waals surface area contributed by atoms with E-state index in [1.165, 1.54) is 95.0 Å². The van der Waals surface area contributed by atoms with E-state index in [0.717, 1.165) is 0 Å². The normalized spacial score (nSPS) is 13.0. The van der Waals surface area contributed by atoms with Crippen LogP contribution in [0.2, 0.25) is 0 Å². The van der Waals surface area contributed by atoms with Crippen molar-refractivity contribution in [2.45, 2.75) is 0 Å². The van der Waals surface area contributed by atoms with Crippen molar-refractivity contribution in [3.8, 4) is 55.6 Å². The van der Waals surface area contributed by atoms with Crippen LogP contribution < -0.4 is 20.6 Å². The lowest BCUT2D eigenvalue weighted by Gasteiger charge is -2.49. The van der Waals surface area contributed by atoms with Gasteiger partial charge in [0, 0.05) is 39.4 Å². The minimum Gasteiger partial charge on any atom is -0.376 e. The first kappa shape index (κ1) is 28.3. The molecule has 8 aromatic carbocycles. The third-order valence-corrected chi connectivity index (χ3v) is 11.0. The molecule has 3 heteroatoms. The lowest BCUT2D eigenvalue weighted by atomic mass is 9.41. The largest absolute Gasteiger partial charge is 0.376 e. The molecule has 51 heavy (non-hydrogen) atoms. The molecule has 3 aliphatic heterocycles. The van der Waals surface area contributed by atoms with Gasteiger partial charge in [-0.3, -0.25) is 0 Å². The van der Waals surface area contributed by atoms with Gasteiger partial charge in [0.25, 0.3) is 0 Å². The summed E-state index contributed by atoms with van der Waals surface area (Å²) in [5.41, 5.74) is 21.3. The fourth-order valence-corrected chi connectivity index (χ4v) is 8.81. The molecule has 236 valence electrons. The predicted octanol–water partition coefficient (Wildman–Crippen LogP) is 11.4. The number of anilines is 5. The number of fused-ring (bicyclic) bond motifs is 6. The molecule has 0 N–H and O–H groups in total. The zero-order valence-corrected chi connectivity index (χ0v) is 27.9. The highest BCUT2D eigenvalue weighted by atomic mass is 15.2. The van der Waals surface area contributed by atoms with E-state index in [4.69, 9.17) is 0 Å². The van der Waals surface area contributed by atoms with Gasteiger partial charge in [-0.2, -0.15) is 0 Å². The van der Waals surface area contributed by atoms with Crippen LogP contribution in [-0.4, -0.2) is 6.85 Å². The van der Waals surface area contributed by atoms with Crippen LogP contribution in [0.25, 0.3) is 55.6 Å². The highest BCUT2D eigenvalue weighted by molar-refractivity contribution is 6.95.